The third kappa shape index (κ3) is 4.35. The number of fused-ring (bicyclic) bond motifs is 1. The van der Waals surface area contributed by atoms with E-state index in [4.69, 9.17) is 0 Å². The molecule has 9 heteroatoms. The Balaban J connectivity index is 2.22. The topological polar surface area (TPSA) is 90.3 Å². The van der Waals surface area contributed by atoms with Crippen molar-refractivity contribution in [1.82, 2.24) is 14.9 Å². The summed E-state index contributed by atoms with van der Waals surface area (Å²) in [5.74, 6) is -0.556. The van der Waals surface area contributed by atoms with Crippen molar-refractivity contribution < 1.29 is 14.3 Å². The van der Waals surface area contributed by atoms with E-state index in [1.165, 1.54) is 4.57 Å². The van der Waals surface area contributed by atoms with E-state index in [2.05, 4.69) is 31.0 Å². The molecule has 1 heterocycles. The van der Waals surface area contributed by atoms with E-state index < -0.39 is 12.0 Å². The fourth-order valence-electron chi connectivity index (χ4n) is 2.01. The second kappa shape index (κ2) is 8.29. The Hall–Kier alpha value is -1.87. The van der Waals surface area contributed by atoms with Crippen molar-refractivity contribution in [3.05, 3.63) is 33.0 Å². The molecular formula is C15H16BrN3O4S. The van der Waals surface area contributed by atoms with Crippen LogP contribution in [0.5, 0.6) is 0 Å². The number of thioether (sulfide) groups is 1. The predicted octanol–water partition coefficient (Wildman–Crippen LogP) is 2.54. The van der Waals surface area contributed by atoms with Gasteiger partial charge in [0.2, 0.25) is 5.91 Å². The van der Waals surface area contributed by atoms with Gasteiger partial charge < -0.3 is 4.74 Å². The number of imide groups is 1. The summed E-state index contributed by atoms with van der Waals surface area (Å²) in [7, 11) is 0. The lowest BCUT2D eigenvalue weighted by Gasteiger charge is -2.11. The Morgan fingerprint density at radius 3 is 2.79 bits per heavy atom. The minimum absolute atomic E-state index is 0.0483. The van der Waals surface area contributed by atoms with Crippen LogP contribution < -0.4 is 10.9 Å². The number of benzene rings is 1. The highest BCUT2D eigenvalue weighted by Gasteiger charge is 2.14. The van der Waals surface area contributed by atoms with Crippen LogP contribution in [-0.4, -0.2) is 33.9 Å². The van der Waals surface area contributed by atoms with Gasteiger partial charge in [0.1, 0.15) is 0 Å². The van der Waals surface area contributed by atoms with Crippen molar-refractivity contribution in [2.45, 2.75) is 25.5 Å². The number of halogens is 1. The van der Waals surface area contributed by atoms with Crippen LogP contribution in [0.1, 0.15) is 13.8 Å². The first kappa shape index (κ1) is 18.5. The highest BCUT2D eigenvalue weighted by Crippen LogP contribution is 2.20. The van der Waals surface area contributed by atoms with E-state index in [1.807, 2.05) is 6.92 Å². The van der Waals surface area contributed by atoms with Crippen LogP contribution in [-0.2, 0) is 16.1 Å². The van der Waals surface area contributed by atoms with Gasteiger partial charge in [0.25, 0.3) is 5.56 Å². The first-order valence-electron chi connectivity index (χ1n) is 7.25. The number of carbonyl (C=O) groups is 2. The molecule has 7 nitrogen and oxygen atoms in total. The average molecular weight is 414 g/mol. The van der Waals surface area contributed by atoms with Crippen LogP contribution in [0.4, 0.5) is 4.79 Å². The SMILES string of the molecule is CCOC(=O)NC(=O)CSc1nc2ccc(Br)cc2c(=O)n1CC. The lowest BCUT2D eigenvalue weighted by Crippen LogP contribution is -2.32. The van der Waals surface area contributed by atoms with E-state index in [0.29, 0.717) is 22.6 Å². The van der Waals surface area contributed by atoms with Crippen LogP contribution in [0.15, 0.2) is 32.6 Å². The van der Waals surface area contributed by atoms with Gasteiger partial charge in [0, 0.05) is 11.0 Å². The molecule has 0 aliphatic heterocycles. The maximum absolute atomic E-state index is 12.6. The summed E-state index contributed by atoms with van der Waals surface area (Å²) in [6, 6.07) is 5.26. The summed E-state index contributed by atoms with van der Waals surface area (Å²) in [5.41, 5.74) is 0.387. The smallest absolute Gasteiger partial charge is 0.413 e. The second-order valence-electron chi connectivity index (χ2n) is 4.66. The van der Waals surface area contributed by atoms with Gasteiger partial charge in [0.15, 0.2) is 5.16 Å². The number of ether oxygens (including phenoxy) is 1. The summed E-state index contributed by atoms with van der Waals surface area (Å²) in [6.45, 7) is 4.09. The molecule has 2 aromatic rings. The quantitative estimate of drug-likeness (QED) is 0.598. The molecule has 0 radical (unpaired) electrons. The molecule has 1 aromatic heterocycles. The largest absolute Gasteiger partial charge is 0.450 e. The number of nitrogens with one attached hydrogen (secondary N) is 1. The second-order valence-corrected chi connectivity index (χ2v) is 6.52. The van der Waals surface area contributed by atoms with Crippen LogP contribution in [0.3, 0.4) is 0 Å². The molecule has 0 spiro atoms. The fraction of sp³-hybridized carbons (Fsp3) is 0.333. The molecule has 0 aliphatic carbocycles. The zero-order valence-corrected chi connectivity index (χ0v) is 15.6. The van der Waals surface area contributed by atoms with Gasteiger partial charge >= 0.3 is 6.09 Å². The predicted molar refractivity (Wildman–Crippen MR) is 95.3 cm³/mol. The summed E-state index contributed by atoms with van der Waals surface area (Å²) >= 11 is 4.43. The zero-order chi connectivity index (χ0) is 17.7. The molecule has 0 aliphatic rings. The number of rotatable bonds is 5. The number of hydrogen-bond acceptors (Lipinski definition) is 6. The maximum atomic E-state index is 12.6. The van der Waals surface area contributed by atoms with Crippen molar-refractivity contribution in [3.63, 3.8) is 0 Å². The molecule has 0 fully saturated rings. The standard InChI is InChI=1S/C15H16BrN3O4S/c1-3-19-13(21)10-7-9(16)5-6-11(10)17-14(19)24-8-12(20)18-15(22)23-4-2/h5-7H,3-4,8H2,1-2H3,(H,18,20,22). The van der Waals surface area contributed by atoms with E-state index >= 15 is 0 Å². The van der Waals surface area contributed by atoms with Crippen molar-refractivity contribution in [2.75, 3.05) is 12.4 Å². The van der Waals surface area contributed by atoms with Crippen LogP contribution in [0.2, 0.25) is 0 Å². The van der Waals surface area contributed by atoms with Gasteiger partial charge in [-0.15, -0.1) is 0 Å². The van der Waals surface area contributed by atoms with Crippen LogP contribution in [0, 0.1) is 0 Å². The molecule has 2 rings (SSSR count). The number of amides is 2. The molecule has 0 saturated heterocycles. The summed E-state index contributed by atoms with van der Waals surface area (Å²) in [6.07, 6.45) is -0.785. The third-order valence-corrected chi connectivity index (χ3v) is 4.52. The number of aromatic nitrogens is 2. The first-order chi connectivity index (χ1) is 11.5. The normalized spacial score (nSPS) is 10.6. The molecule has 0 bridgehead atoms. The number of carbonyl (C=O) groups excluding carboxylic acids is 2. The lowest BCUT2D eigenvalue weighted by molar-refractivity contribution is -0.117. The van der Waals surface area contributed by atoms with E-state index in [9.17, 15) is 14.4 Å². The number of hydrogen-bond donors (Lipinski definition) is 1. The summed E-state index contributed by atoms with van der Waals surface area (Å²) in [5, 5.41) is 3.04. The zero-order valence-electron chi connectivity index (χ0n) is 13.2. The highest BCUT2D eigenvalue weighted by molar-refractivity contribution is 9.10. The third-order valence-electron chi connectivity index (χ3n) is 3.05. The Bertz CT molecular complexity index is 837. The molecule has 0 saturated carbocycles. The Morgan fingerprint density at radius 1 is 1.38 bits per heavy atom. The minimum Gasteiger partial charge on any atom is -0.450 e. The monoisotopic (exact) mass is 413 g/mol. The van der Waals surface area contributed by atoms with E-state index in [-0.39, 0.29) is 17.9 Å². The molecule has 2 amide bonds. The number of alkyl carbamates (subject to hydrolysis) is 1. The van der Waals surface area contributed by atoms with Crippen molar-refractivity contribution in [3.8, 4) is 0 Å². The average Bonchev–Trinajstić information content (AvgIpc) is 2.54. The van der Waals surface area contributed by atoms with Crippen LogP contribution >= 0.6 is 27.7 Å². The molecule has 128 valence electrons. The first-order valence-corrected chi connectivity index (χ1v) is 9.03. The molecule has 0 atom stereocenters. The minimum atomic E-state index is -0.785. The fourth-order valence-corrected chi connectivity index (χ4v) is 3.23. The molecule has 24 heavy (non-hydrogen) atoms. The van der Waals surface area contributed by atoms with Crippen molar-refractivity contribution >= 4 is 50.6 Å². The van der Waals surface area contributed by atoms with Gasteiger partial charge in [-0.2, -0.15) is 0 Å². The molecule has 1 N–H and O–H groups in total. The molecule has 1 aromatic carbocycles. The van der Waals surface area contributed by atoms with Gasteiger partial charge in [-0.25, -0.2) is 9.78 Å². The summed E-state index contributed by atoms with van der Waals surface area (Å²) in [4.78, 5) is 39.9. The van der Waals surface area contributed by atoms with Gasteiger partial charge in [-0.1, -0.05) is 27.7 Å². The van der Waals surface area contributed by atoms with E-state index in [1.54, 1.807) is 25.1 Å². The van der Waals surface area contributed by atoms with Crippen molar-refractivity contribution in [1.29, 1.82) is 0 Å². The maximum Gasteiger partial charge on any atom is 0.413 e. The summed E-state index contributed by atoms with van der Waals surface area (Å²) < 4.78 is 6.94. The lowest BCUT2D eigenvalue weighted by atomic mass is 10.2. The molecule has 0 unspecified atom stereocenters. The van der Waals surface area contributed by atoms with Gasteiger partial charge in [0.05, 0.1) is 23.3 Å². The number of nitrogens with zero attached hydrogens (tertiary/aromatic N) is 2. The molecular weight excluding hydrogens is 398 g/mol. The van der Waals surface area contributed by atoms with E-state index in [0.717, 1.165) is 16.2 Å². The highest BCUT2D eigenvalue weighted by atomic mass is 79.9. The van der Waals surface area contributed by atoms with Crippen LogP contribution in [0.25, 0.3) is 10.9 Å². The Morgan fingerprint density at radius 2 is 2.12 bits per heavy atom. The van der Waals surface area contributed by atoms with Crippen molar-refractivity contribution in [2.24, 2.45) is 0 Å². The van der Waals surface area contributed by atoms with Gasteiger partial charge in [-0.05, 0) is 32.0 Å². The Labute approximate surface area is 150 Å². The van der Waals surface area contributed by atoms with Gasteiger partial charge in [-0.3, -0.25) is 19.5 Å². The Kier molecular flexibility index (Phi) is 6.38.